The van der Waals surface area contributed by atoms with Crippen molar-refractivity contribution in [1.29, 1.82) is 0 Å². The highest BCUT2D eigenvalue weighted by Crippen LogP contribution is 2.10. The summed E-state index contributed by atoms with van der Waals surface area (Å²) in [5, 5.41) is 7.69. The Morgan fingerprint density at radius 2 is 2.50 bits per heavy atom. The number of nitrogens with zero attached hydrogens (tertiary/aromatic N) is 3. The Labute approximate surface area is 98.6 Å². The van der Waals surface area contributed by atoms with Crippen LogP contribution in [0.3, 0.4) is 0 Å². The number of esters is 1. The van der Waals surface area contributed by atoms with Crippen molar-refractivity contribution in [3.05, 3.63) is 12.2 Å². The zero-order valence-electron chi connectivity index (χ0n) is 9.42. The molecule has 1 aromatic heterocycles. The second-order valence-corrected chi connectivity index (χ2v) is 4.26. The second kappa shape index (κ2) is 6.49. The van der Waals surface area contributed by atoms with E-state index in [4.69, 9.17) is 10.5 Å². The lowest BCUT2D eigenvalue weighted by atomic mass is 10.4. The molecule has 0 saturated heterocycles. The van der Waals surface area contributed by atoms with Crippen molar-refractivity contribution in [2.75, 3.05) is 12.4 Å². The number of nitrogens with two attached hydrogens (primary N) is 1. The molecule has 1 unspecified atom stereocenters. The van der Waals surface area contributed by atoms with Gasteiger partial charge in [-0.3, -0.25) is 4.79 Å². The molecule has 1 heterocycles. The molecule has 7 heteroatoms. The lowest BCUT2D eigenvalue weighted by Crippen LogP contribution is -2.34. The molecule has 0 radical (unpaired) electrons. The molecule has 0 amide bonds. The average Bonchev–Trinajstić information content (AvgIpc) is 2.65. The van der Waals surface area contributed by atoms with Crippen LogP contribution in [0.4, 0.5) is 0 Å². The molecule has 0 fully saturated rings. The van der Waals surface area contributed by atoms with E-state index in [1.807, 2.05) is 11.6 Å². The van der Waals surface area contributed by atoms with Crippen LogP contribution >= 0.6 is 11.8 Å². The van der Waals surface area contributed by atoms with E-state index in [0.717, 1.165) is 5.82 Å². The Balaban J connectivity index is 2.25. The van der Waals surface area contributed by atoms with Gasteiger partial charge in [-0.15, -0.1) is 10.2 Å². The van der Waals surface area contributed by atoms with E-state index < -0.39 is 6.04 Å². The van der Waals surface area contributed by atoms with Crippen molar-refractivity contribution in [3.8, 4) is 0 Å². The molecule has 1 aromatic rings. The van der Waals surface area contributed by atoms with E-state index in [9.17, 15) is 4.79 Å². The molecule has 0 saturated carbocycles. The predicted octanol–water partition coefficient (Wildman–Crippen LogP) is -0.0613. The number of aromatic nitrogens is 3. The summed E-state index contributed by atoms with van der Waals surface area (Å²) in [6.07, 6.45) is 1.64. The molecule has 6 nitrogen and oxygen atoms in total. The highest BCUT2D eigenvalue weighted by molar-refractivity contribution is 7.98. The van der Waals surface area contributed by atoms with Gasteiger partial charge in [-0.05, 0) is 6.92 Å². The predicted molar refractivity (Wildman–Crippen MR) is 61.8 cm³/mol. The quantitative estimate of drug-likeness (QED) is 0.706. The van der Waals surface area contributed by atoms with Crippen LogP contribution in [0, 0.1) is 0 Å². The first-order chi connectivity index (χ1) is 7.65. The van der Waals surface area contributed by atoms with Crippen LogP contribution < -0.4 is 5.73 Å². The number of rotatable bonds is 6. The normalized spacial score (nSPS) is 12.4. The Morgan fingerprint density at radius 1 is 1.75 bits per heavy atom. The summed E-state index contributed by atoms with van der Waals surface area (Å²) in [7, 11) is 1.88. The highest BCUT2D eigenvalue weighted by atomic mass is 32.2. The minimum absolute atomic E-state index is 0.354. The maximum Gasteiger partial charge on any atom is 0.323 e. The van der Waals surface area contributed by atoms with Crippen molar-refractivity contribution in [2.24, 2.45) is 12.8 Å². The van der Waals surface area contributed by atoms with Gasteiger partial charge in [0.2, 0.25) is 0 Å². The van der Waals surface area contributed by atoms with E-state index in [0.29, 0.717) is 18.1 Å². The molecule has 1 rings (SSSR count). The molecule has 0 aliphatic heterocycles. The highest BCUT2D eigenvalue weighted by Gasteiger charge is 2.14. The fourth-order valence-corrected chi connectivity index (χ4v) is 1.98. The molecule has 0 bridgehead atoms. The molecule has 0 aliphatic carbocycles. The number of hydrogen-bond acceptors (Lipinski definition) is 6. The van der Waals surface area contributed by atoms with Crippen LogP contribution in [0.25, 0.3) is 0 Å². The molecule has 0 spiro atoms. The molecule has 0 aromatic carbocycles. The number of hydrogen-bond donors (Lipinski definition) is 1. The largest absolute Gasteiger partial charge is 0.465 e. The monoisotopic (exact) mass is 244 g/mol. The standard InChI is InChI=1S/C9H16N4O2S/c1-3-15-9(14)7(10)4-16-5-8-12-11-6-13(8)2/h6-7H,3-5,10H2,1-2H3. The van der Waals surface area contributed by atoms with Crippen molar-refractivity contribution in [1.82, 2.24) is 14.8 Å². The van der Waals surface area contributed by atoms with Gasteiger partial charge in [0, 0.05) is 12.8 Å². The third-order valence-electron chi connectivity index (χ3n) is 1.92. The van der Waals surface area contributed by atoms with Crippen molar-refractivity contribution in [2.45, 2.75) is 18.7 Å². The Bertz CT molecular complexity index is 342. The lowest BCUT2D eigenvalue weighted by molar-refractivity contribution is -0.144. The van der Waals surface area contributed by atoms with Gasteiger partial charge in [-0.25, -0.2) is 0 Å². The second-order valence-electron chi connectivity index (χ2n) is 3.23. The maximum absolute atomic E-state index is 11.2. The molecule has 16 heavy (non-hydrogen) atoms. The zero-order chi connectivity index (χ0) is 12.0. The van der Waals surface area contributed by atoms with E-state index >= 15 is 0 Å². The number of carbonyl (C=O) groups is 1. The first-order valence-electron chi connectivity index (χ1n) is 4.98. The summed E-state index contributed by atoms with van der Waals surface area (Å²) < 4.78 is 6.64. The fraction of sp³-hybridized carbons (Fsp3) is 0.667. The fourth-order valence-electron chi connectivity index (χ4n) is 1.03. The van der Waals surface area contributed by atoms with Crippen molar-refractivity contribution < 1.29 is 9.53 Å². The van der Waals surface area contributed by atoms with Gasteiger partial charge in [0.1, 0.15) is 18.2 Å². The van der Waals surface area contributed by atoms with Crippen LogP contribution in [0.5, 0.6) is 0 Å². The molecule has 0 aliphatic rings. The Kier molecular flexibility index (Phi) is 5.27. The van der Waals surface area contributed by atoms with Gasteiger partial charge >= 0.3 is 5.97 Å². The van der Waals surface area contributed by atoms with Gasteiger partial charge in [0.25, 0.3) is 0 Å². The van der Waals surface area contributed by atoms with Gasteiger partial charge in [0.05, 0.1) is 12.4 Å². The summed E-state index contributed by atoms with van der Waals surface area (Å²) in [6, 6.07) is -0.571. The van der Waals surface area contributed by atoms with Gasteiger partial charge < -0.3 is 15.0 Å². The molecule has 1 atom stereocenters. The number of carbonyl (C=O) groups excluding carboxylic acids is 1. The average molecular weight is 244 g/mol. The van der Waals surface area contributed by atoms with Crippen LogP contribution in [0.15, 0.2) is 6.33 Å². The Hall–Kier alpha value is -1.08. The van der Waals surface area contributed by atoms with E-state index in [1.165, 1.54) is 11.8 Å². The van der Waals surface area contributed by atoms with Crippen LogP contribution in [-0.4, -0.2) is 39.1 Å². The first kappa shape index (κ1) is 13.0. The summed E-state index contributed by atoms with van der Waals surface area (Å²) in [6.45, 7) is 2.12. The number of thioether (sulfide) groups is 1. The molecule has 90 valence electrons. The minimum atomic E-state index is -0.571. The van der Waals surface area contributed by atoms with Crippen LogP contribution in [-0.2, 0) is 22.3 Å². The molecular formula is C9H16N4O2S. The summed E-state index contributed by atoms with van der Waals surface area (Å²) >= 11 is 1.54. The van der Waals surface area contributed by atoms with Gasteiger partial charge in [-0.1, -0.05) is 0 Å². The summed E-state index contributed by atoms with van der Waals surface area (Å²) in [5.74, 6) is 1.71. The molecular weight excluding hydrogens is 228 g/mol. The van der Waals surface area contributed by atoms with Crippen LogP contribution in [0.1, 0.15) is 12.7 Å². The van der Waals surface area contributed by atoms with Gasteiger partial charge in [-0.2, -0.15) is 11.8 Å². The third-order valence-corrected chi connectivity index (χ3v) is 2.98. The Morgan fingerprint density at radius 3 is 3.06 bits per heavy atom. The maximum atomic E-state index is 11.2. The topological polar surface area (TPSA) is 83.0 Å². The van der Waals surface area contributed by atoms with Gasteiger partial charge in [0.15, 0.2) is 0 Å². The van der Waals surface area contributed by atoms with Crippen molar-refractivity contribution >= 4 is 17.7 Å². The first-order valence-corrected chi connectivity index (χ1v) is 6.13. The number of aryl methyl sites for hydroxylation is 1. The zero-order valence-corrected chi connectivity index (χ0v) is 10.2. The van der Waals surface area contributed by atoms with E-state index in [2.05, 4.69) is 10.2 Å². The lowest BCUT2D eigenvalue weighted by Gasteiger charge is -2.09. The van der Waals surface area contributed by atoms with E-state index in [-0.39, 0.29) is 5.97 Å². The van der Waals surface area contributed by atoms with Crippen LogP contribution in [0.2, 0.25) is 0 Å². The smallest absolute Gasteiger partial charge is 0.323 e. The minimum Gasteiger partial charge on any atom is -0.465 e. The van der Waals surface area contributed by atoms with Crippen molar-refractivity contribution in [3.63, 3.8) is 0 Å². The third kappa shape index (κ3) is 3.82. The number of ether oxygens (including phenoxy) is 1. The summed E-state index contributed by atoms with van der Waals surface area (Å²) in [4.78, 5) is 11.2. The van der Waals surface area contributed by atoms with E-state index in [1.54, 1.807) is 13.3 Å². The summed E-state index contributed by atoms with van der Waals surface area (Å²) in [5.41, 5.74) is 5.64. The SMILES string of the molecule is CCOC(=O)C(N)CSCc1nncn1C. The molecule has 2 N–H and O–H groups in total.